The Kier molecular flexibility index (Phi) is 1.91. The normalized spacial score (nSPS) is 19.3. The smallest absolute Gasteiger partial charge is 0.0256 e. The molecule has 12 heavy (non-hydrogen) atoms. The predicted octanol–water partition coefficient (Wildman–Crippen LogP) is 3.09. The second-order valence-corrected chi connectivity index (χ2v) is 2.77. The molecular weight excluding hydrogens is 144 g/mol. The molecule has 2 aliphatic rings. The molecule has 0 heteroatoms. The summed E-state index contributed by atoms with van der Waals surface area (Å²) in [6.45, 7) is 0. The molecule has 0 saturated carbocycles. The van der Waals surface area contributed by atoms with E-state index in [0.29, 0.717) is 0 Å². The largest absolute Gasteiger partial charge is 0.0617 e. The quantitative estimate of drug-likeness (QED) is 0.503. The highest BCUT2D eigenvalue weighted by Gasteiger charge is 1.91. The van der Waals surface area contributed by atoms with Gasteiger partial charge in [-0.05, 0) is 11.1 Å². The van der Waals surface area contributed by atoms with E-state index in [1.807, 2.05) is 0 Å². The third-order valence-electron chi connectivity index (χ3n) is 1.85. The number of allylic oxidation sites excluding steroid dienone is 12. The maximum absolute atomic E-state index is 2.12. The topological polar surface area (TPSA) is 0 Å². The Bertz CT molecular complexity index is 280. The molecule has 0 N–H and O–H groups in total. The molecule has 2 rings (SSSR count). The molecule has 0 aliphatic heterocycles. The van der Waals surface area contributed by atoms with Crippen LogP contribution in [0, 0.1) is 0 Å². The van der Waals surface area contributed by atoms with Gasteiger partial charge in [-0.3, -0.25) is 0 Å². The average Bonchev–Trinajstić information content (AvgIpc) is 2.03. The number of rotatable bonds is 0. The highest BCUT2D eigenvalue weighted by Crippen LogP contribution is 2.11. The molecule has 0 atom stereocenters. The van der Waals surface area contributed by atoms with Gasteiger partial charge in [0.15, 0.2) is 0 Å². The van der Waals surface area contributed by atoms with E-state index in [4.69, 9.17) is 0 Å². The van der Waals surface area contributed by atoms with Crippen molar-refractivity contribution in [1.29, 1.82) is 0 Å². The van der Waals surface area contributed by atoms with Crippen LogP contribution in [0.1, 0.15) is 0 Å². The van der Waals surface area contributed by atoms with E-state index >= 15 is 0 Å². The molecule has 0 aromatic heterocycles. The van der Waals surface area contributed by atoms with Crippen LogP contribution in [0.2, 0.25) is 0 Å². The van der Waals surface area contributed by atoms with Crippen LogP contribution >= 0.6 is 0 Å². The Balaban J connectivity index is 2.47. The molecular formula is C12H10. The molecule has 0 fully saturated rings. The first-order chi connectivity index (χ1) is 5.95. The lowest BCUT2D eigenvalue weighted by Gasteiger charge is -1.99. The third-order valence-corrected chi connectivity index (χ3v) is 1.85. The summed E-state index contributed by atoms with van der Waals surface area (Å²) in [5.74, 6) is 0. The number of hydrogen-bond acceptors (Lipinski definition) is 0. The molecule has 0 amide bonds. The highest BCUT2D eigenvalue weighted by molar-refractivity contribution is 5.47. The fourth-order valence-corrected chi connectivity index (χ4v) is 1.19. The summed E-state index contributed by atoms with van der Waals surface area (Å²) >= 11 is 0. The van der Waals surface area contributed by atoms with E-state index < -0.39 is 0 Å². The van der Waals surface area contributed by atoms with Gasteiger partial charge in [0.25, 0.3) is 0 Å². The lowest BCUT2D eigenvalue weighted by atomic mass is 10.1. The van der Waals surface area contributed by atoms with Crippen molar-refractivity contribution in [3.05, 3.63) is 71.9 Å². The van der Waals surface area contributed by atoms with Crippen LogP contribution in [0.15, 0.2) is 71.9 Å². The minimum atomic E-state index is 1.24. The summed E-state index contributed by atoms with van der Waals surface area (Å²) < 4.78 is 0. The average molecular weight is 154 g/mol. The van der Waals surface area contributed by atoms with E-state index in [0.717, 1.165) is 0 Å². The summed E-state index contributed by atoms with van der Waals surface area (Å²) in [6.07, 6.45) is 20.9. The van der Waals surface area contributed by atoms with Crippen LogP contribution in [-0.2, 0) is 0 Å². The fourth-order valence-electron chi connectivity index (χ4n) is 1.19. The minimum Gasteiger partial charge on any atom is -0.0617 e. The van der Waals surface area contributed by atoms with Crippen LogP contribution in [-0.4, -0.2) is 0 Å². The monoisotopic (exact) mass is 154 g/mol. The van der Waals surface area contributed by atoms with Gasteiger partial charge in [0.2, 0.25) is 0 Å². The molecule has 2 aliphatic carbocycles. The minimum absolute atomic E-state index is 1.24. The van der Waals surface area contributed by atoms with Gasteiger partial charge in [0.1, 0.15) is 0 Å². The van der Waals surface area contributed by atoms with Gasteiger partial charge in [-0.2, -0.15) is 0 Å². The molecule has 58 valence electrons. The van der Waals surface area contributed by atoms with Crippen molar-refractivity contribution in [2.45, 2.75) is 0 Å². The third kappa shape index (κ3) is 1.54. The Hall–Kier alpha value is -1.56. The lowest BCUT2D eigenvalue weighted by molar-refractivity contribution is 1.57. The van der Waals surface area contributed by atoms with Crippen molar-refractivity contribution in [2.24, 2.45) is 0 Å². The van der Waals surface area contributed by atoms with Crippen LogP contribution in [0.4, 0.5) is 0 Å². The molecule has 0 aromatic rings. The van der Waals surface area contributed by atoms with E-state index in [2.05, 4.69) is 60.8 Å². The zero-order valence-corrected chi connectivity index (χ0v) is 6.77. The number of fused-ring (bicyclic) bond motifs is 1. The van der Waals surface area contributed by atoms with Gasteiger partial charge in [-0.15, -0.1) is 0 Å². The molecule has 0 radical (unpaired) electrons. The molecule has 0 unspecified atom stereocenters. The Labute approximate surface area is 72.6 Å². The van der Waals surface area contributed by atoms with Crippen LogP contribution in [0.3, 0.4) is 0 Å². The van der Waals surface area contributed by atoms with Crippen molar-refractivity contribution >= 4 is 0 Å². The summed E-state index contributed by atoms with van der Waals surface area (Å²) in [6, 6.07) is 0. The fraction of sp³-hybridized carbons (Fsp3) is 0. The summed E-state index contributed by atoms with van der Waals surface area (Å²) in [7, 11) is 0. The summed E-state index contributed by atoms with van der Waals surface area (Å²) in [5, 5.41) is 0. The molecule has 0 nitrogen and oxygen atoms in total. The van der Waals surface area contributed by atoms with Gasteiger partial charge >= 0.3 is 0 Å². The second kappa shape index (κ2) is 3.22. The van der Waals surface area contributed by atoms with Crippen LogP contribution in [0.25, 0.3) is 0 Å². The zero-order chi connectivity index (χ0) is 8.23. The first-order valence-electron chi connectivity index (χ1n) is 4.07. The van der Waals surface area contributed by atoms with E-state index in [1.165, 1.54) is 11.1 Å². The van der Waals surface area contributed by atoms with E-state index in [1.54, 1.807) is 0 Å². The predicted molar refractivity (Wildman–Crippen MR) is 52.7 cm³/mol. The molecule has 0 aromatic carbocycles. The lowest BCUT2D eigenvalue weighted by Crippen LogP contribution is -1.79. The van der Waals surface area contributed by atoms with E-state index in [-0.39, 0.29) is 0 Å². The molecule has 2 bridgehead atoms. The van der Waals surface area contributed by atoms with E-state index in [9.17, 15) is 0 Å². The maximum Gasteiger partial charge on any atom is -0.0256 e. The Morgan fingerprint density at radius 2 is 0.833 bits per heavy atom. The Morgan fingerprint density at radius 1 is 0.500 bits per heavy atom. The van der Waals surface area contributed by atoms with Crippen LogP contribution < -0.4 is 0 Å². The summed E-state index contributed by atoms with van der Waals surface area (Å²) in [4.78, 5) is 0. The zero-order valence-electron chi connectivity index (χ0n) is 6.77. The first-order valence-corrected chi connectivity index (χ1v) is 4.07. The van der Waals surface area contributed by atoms with Gasteiger partial charge in [0.05, 0.1) is 0 Å². The van der Waals surface area contributed by atoms with Crippen molar-refractivity contribution in [3.63, 3.8) is 0 Å². The highest BCUT2D eigenvalue weighted by atomic mass is 14.0. The first kappa shape index (κ1) is 7.11. The standard InChI is InChI=1S/C12H10/c1-2-6-12-8-4-3-7-11(5-1)9-10-12/h1-10H. The number of hydrogen-bond donors (Lipinski definition) is 0. The van der Waals surface area contributed by atoms with Gasteiger partial charge in [0, 0.05) is 0 Å². The van der Waals surface area contributed by atoms with Crippen LogP contribution in [0.5, 0.6) is 0 Å². The SMILES string of the molecule is C1=CC2=CC=C(C=C1)C=CC=C2. The van der Waals surface area contributed by atoms with Crippen molar-refractivity contribution in [2.75, 3.05) is 0 Å². The molecule has 0 heterocycles. The second-order valence-electron chi connectivity index (χ2n) is 2.77. The summed E-state index contributed by atoms with van der Waals surface area (Å²) in [5.41, 5.74) is 2.47. The maximum atomic E-state index is 2.12. The van der Waals surface area contributed by atoms with Gasteiger partial charge in [-0.25, -0.2) is 0 Å². The molecule has 0 saturated heterocycles. The van der Waals surface area contributed by atoms with Gasteiger partial charge < -0.3 is 0 Å². The Morgan fingerprint density at radius 3 is 1.17 bits per heavy atom. The van der Waals surface area contributed by atoms with Crippen molar-refractivity contribution in [3.8, 4) is 0 Å². The molecule has 0 spiro atoms. The van der Waals surface area contributed by atoms with Gasteiger partial charge in [-0.1, -0.05) is 60.8 Å². The van der Waals surface area contributed by atoms with Crippen molar-refractivity contribution < 1.29 is 0 Å². The van der Waals surface area contributed by atoms with Crippen molar-refractivity contribution in [1.82, 2.24) is 0 Å².